The quantitative estimate of drug-likeness (QED) is 0.300. The van der Waals surface area contributed by atoms with E-state index in [0.29, 0.717) is 17.9 Å². The van der Waals surface area contributed by atoms with Crippen LogP contribution in [0.4, 0.5) is 0 Å². The van der Waals surface area contributed by atoms with E-state index in [2.05, 4.69) is 10.3 Å². The Hall–Kier alpha value is -4.02. The van der Waals surface area contributed by atoms with Crippen molar-refractivity contribution >= 4 is 28.6 Å². The number of carbonyl (C=O) groups excluding carboxylic acids is 3. The van der Waals surface area contributed by atoms with Gasteiger partial charge in [0.15, 0.2) is 0 Å². The molecule has 3 aromatic rings. The zero-order valence-corrected chi connectivity index (χ0v) is 20.8. The molecule has 0 saturated carbocycles. The number of benzene rings is 2. The van der Waals surface area contributed by atoms with Gasteiger partial charge in [-0.05, 0) is 43.3 Å². The zero-order chi connectivity index (χ0) is 26.4. The molecule has 1 saturated heterocycles. The highest BCUT2D eigenvalue weighted by Crippen LogP contribution is 2.23. The third-order valence-electron chi connectivity index (χ3n) is 6.39. The molecule has 3 amide bonds. The van der Waals surface area contributed by atoms with Gasteiger partial charge in [0.2, 0.25) is 11.8 Å². The molecule has 2 atom stereocenters. The van der Waals surface area contributed by atoms with Crippen LogP contribution in [0.25, 0.3) is 10.9 Å². The Kier molecular flexibility index (Phi) is 8.32. The average molecular weight is 507 g/mol. The number of fused-ring (bicyclic) bond motifs is 1. The molecule has 0 aliphatic carbocycles. The number of amides is 3. The highest BCUT2D eigenvalue weighted by Gasteiger charge is 2.37. The Morgan fingerprint density at radius 3 is 2.59 bits per heavy atom. The van der Waals surface area contributed by atoms with Crippen molar-refractivity contribution in [1.29, 1.82) is 0 Å². The van der Waals surface area contributed by atoms with Gasteiger partial charge in [-0.2, -0.15) is 0 Å². The molecule has 0 radical (unpaired) electrons. The lowest BCUT2D eigenvalue weighted by Gasteiger charge is -2.19. The highest BCUT2D eigenvalue weighted by molar-refractivity contribution is 5.94. The molecule has 194 valence electrons. The van der Waals surface area contributed by atoms with Crippen LogP contribution < -0.4 is 15.5 Å². The topological polar surface area (TPSA) is 130 Å². The Morgan fingerprint density at radius 1 is 1.11 bits per heavy atom. The number of carbonyl (C=O) groups is 3. The predicted molar refractivity (Wildman–Crippen MR) is 135 cm³/mol. The number of nitrogens with zero attached hydrogens (tertiary/aromatic N) is 2. The summed E-state index contributed by atoms with van der Waals surface area (Å²) in [6, 6.07) is 16.2. The van der Waals surface area contributed by atoms with Crippen LogP contribution in [0.3, 0.4) is 0 Å². The summed E-state index contributed by atoms with van der Waals surface area (Å²) in [4.78, 5) is 43.0. The van der Waals surface area contributed by atoms with Crippen LogP contribution in [-0.4, -0.2) is 65.7 Å². The maximum absolute atomic E-state index is 12.9. The van der Waals surface area contributed by atoms with Crippen molar-refractivity contribution in [2.45, 2.75) is 26.0 Å². The SMILES string of the molecule is COCC(=O)N1C[C@H](CC(=O)NO)[C@H](NC(=O)c2ccc(OCc3cc(C)nc4ccccc34)cc2)C1. The minimum absolute atomic E-state index is 0.0336. The molecule has 1 aromatic heterocycles. The lowest BCUT2D eigenvalue weighted by molar-refractivity contribution is -0.135. The van der Waals surface area contributed by atoms with E-state index >= 15 is 0 Å². The Labute approximate surface area is 214 Å². The number of hydroxylamine groups is 1. The summed E-state index contributed by atoms with van der Waals surface area (Å²) in [6.45, 7) is 2.74. The first-order valence-corrected chi connectivity index (χ1v) is 12.0. The number of ether oxygens (including phenoxy) is 2. The smallest absolute Gasteiger partial charge is 0.251 e. The lowest BCUT2D eigenvalue weighted by Crippen LogP contribution is -2.42. The van der Waals surface area contributed by atoms with Crippen molar-refractivity contribution in [3.63, 3.8) is 0 Å². The van der Waals surface area contributed by atoms with Crippen molar-refractivity contribution in [3.8, 4) is 5.75 Å². The monoisotopic (exact) mass is 506 g/mol. The molecule has 3 N–H and O–H groups in total. The third kappa shape index (κ3) is 6.41. The van der Waals surface area contributed by atoms with Gasteiger partial charge in [0.1, 0.15) is 19.0 Å². The fourth-order valence-corrected chi connectivity index (χ4v) is 4.57. The van der Waals surface area contributed by atoms with Gasteiger partial charge in [0, 0.05) is 54.7 Å². The summed E-state index contributed by atoms with van der Waals surface area (Å²) in [6.07, 6.45) is -0.0336. The Balaban J connectivity index is 1.39. The molecule has 0 bridgehead atoms. The largest absolute Gasteiger partial charge is 0.489 e. The second kappa shape index (κ2) is 11.8. The van der Waals surface area contributed by atoms with E-state index in [1.54, 1.807) is 34.6 Å². The number of hydrogen-bond acceptors (Lipinski definition) is 7. The van der Waals surface area contributed by atoms with Gasteiger partial charge in [-0.15, -0.1) is 0 Å². The lowest BCUT2D eigenvalue weighted by atomic mass is 9.99. The van der Waals surface area contributed by atoms with Gasteiger partial charge in [-0.3, -0.25) is 24.6 Å². The minimum atomic E-state index is -0.580. The molecule has 1 aliphatic rings. The molecule has 4 rings (SSSR count). The van der Waals surface area contributed by atoms with Crippen LogP contribution in [0.15, 0.2) is 54.6 Å². The Morgan fingerprint density at radius 2 is 1.86 bits per heavy atom. The van der Waals surface area contributed by atoms with Gasteiger partial charge >= 0.3 is 0 Å². The zero-order valence-electron chi connectivity index (χ0n) is 20.8. The van der Waals surface area contributed by atoms with E-state index in [4.69, 9.17) is 14.7 Å². The first kappa shape index (κ1) is 26.1. The molecule has 1 aliphatic heterocycles. The van der Waals surface area contributed by atoms with E-state index in [9.17, 15) is 14.4 Å². The van der Waals surface area contributed by atoms with E-state index in [1.807, 2.05) is 37.3 Å². The summed E-state index contributed by atoms with van der Waals surface area (Å²) >= 11 is 0. The van der Waals surface area contributed by atoms with Crippen LogP contribution in [0.5, 0.6) is 5.75 Å². The summed E-state index contributed by atoms with van der Waals surface area (Å²) in [5, 5.41) is 12.9. The number of nitrogens with one attached hydrogen (secondary N) is 2. The van der Waals surface area contributed by atoms with Crippen molar-refractivity contribution in [1.82, 2.24) is 20.7 Å². The van der Waals surface area contributed by atoms with Crippen LogP contribution in [0.1, 0.15) is 28.0 Å². The van der Waals surface area contributed by atoms with Gasteiger partial charge in [0.05, 0.1) is 11.6 Å². The first-order valence-electron chi connectivity index (χ1n) is 12.0. The number of aromatic nitrogens is 1. The fraction of sp³-hybridized carbons (Fsp3) is 0.333. The normalized spacial score (nSPS) is 17.0. The molecule has 10 nitrogen and oxygen atoms in total. The van der Waals surface area contributed by atoms with Crippen molar-refractivity contribution < 1.29 is 29.1 Å². The number of aryl methyl sites for hydroxylation is 1. The molecule has 0 unspecified atom stereocenters. The summed E-state index contributed by atoms with van der Waals surface area (Å²) in [7, 11) is 1.43. The average Bonchev–Trinajstić information content (AvgIpc) is 3.29. The molecule has 0 spiro atoms. The summed E-state index contributed by atoms with van der Waals surface area (Å²) in [5.41, 5.74) is 4.88. The summed E-state index contributed by atoms with van der Waals surface area (Å²) < 4.78 is 10.9. The highest BCUT2D eigenvalue weighted by atomic mass is 16.5. The number of para-hydroxylation sites is 1. The number of pyridine rings is 1. The standard InChI is InChI=1S/C27H30N4O6/c1-17-11-20(22-5-3-4-6-23(22)28-17)15-37-21-9-7-18(8-10-21)27(34)29-24-14-31(26(33)16-36-2)13-19(24)12-25(32)30-35/h3-11,19,24,35H,12-16H2,1-2H3,(H,29,34)(H,30,32)/t19-,24+/m0/s1. The number of methoxy groups -OCH3 is 1. The molecule has 37 heavy (non-hydrogen) atoms. The van der Waals surface area contributed by atoms with Crippen LogP contribution in [-0.2, 0) is 20.9 Å². The third-order valence-corrected chi connectivity index (χ3v) is 6.39. The van der Waals surface area contributed by atoms with Crippen LogP contribution in [0, 0.1) is 12.8 Å². The van der Waals surface area contributed by atoms with Gasteiger partial charge in [0.25, 0.3) is 5.91 Å². The number of likely N-dealkylation sites (tertiary alicyclic amines) is 1. The van der Waals surface area contributed by atoms with E-state index < -0.39 is 11.9 Å². The van der Waals surface area contributed by atoms with E-state index in [-0.39, 0.29) is 43.8 Å². The second-order valence-electron chi connectivity index (χ2n) is 9.06. The molecule has 2 heterocycles. The van der Waals surface area contributed by atoms with Crippen molar-refractivity contribution in [3.05, 3.63) is 71.4 Å². The molecular weight excluding hydrogens is 476 g/mol. The molecular formula is C27H30N4O6. The van der Waals surface area contributed by atoms with E-state index in [1.165, 1.54) is 7.11 Å². The number of rotatable bonds is 9. The van der Waals surface area contributed by atoms with Gasteiger partial charge in [-0.25, -0.2) is 5.48 Å². The molecule has 1 fully saturated rings. The maximum atomic E-state index is 12.9. The first-order chi connectivity index (χ1) is 17.9. The maximum Gasteiger partial charge on any atom is 0.251 e. The minimum Gasteiger partial charge on any atom is -0.489 e. The Bertz CT molecular complexity index is 1280. The fourth-order valence-electron chi connectivity index (χ4n) is 4.57. The summed E-state index contributed by atoms with van der Waals surface area (Å²) in [5.74, 6) is -0.873. The van der Waals surface area contributed by atoms with Crippen molar-refractivity contribution in [2.75, 3.05) is 26.8 Å². The molecule has 2 aromatic carbocycles. The van der Waals surface area contributed by atoms with Crippen molar-refractivity contribution in [2.24, 2.45) is 5.92 Å². The van der Waals surface area contributed by atoms with E-state index in [0.717, 1.165) is 22.2 Å². The van der Waals surface area contributed by atoms with Crippen LogP contribution >= 0.6 is 0 Å². The van der Waals surface area contributed by atoms with Gasteiger partial charge in [-0.1, -0.05) is 18.2 Å². The van der Waals surface area contributed by atoms with Crippen LogP contribution in [0.2, 0.25) is 0 Å². The predicted octanol–water partition coefficient (Wildman–Crippen LogP) is 2.22. The van der Waals surface area contributed by atoms with Gasteiger partial charge < -0.3 is 19.7 Å². The number of hydrogen-bond donors (Lipinski definition) is 3. The molecule has 10 heteroatoms. The second-order valence-corrected chi connectivity index (χ2v) is 9.06.